The summed E-state index contributed by atoms with van der Waals surface area (Å²) in [6.45, 7) is 9.74. The average Bonchev–Trinajstić information content (AvgIpc) is 3.28. The fourth-order valence-corrected chi connectivity index (χ4v) is 7.25. The summed E-state index contributed by atoms with van der Waals surface area (Å²) in [4.78, 5) is 100. The molecular weight excluding hydrogens is 931 g/mol. The van der Waals surface area contributed by atoms with Crippen molar-refractivity contribution in [2.75, 3.05) is 0 Å². The molecule has 0 atom stereocenters. The molecule has 0 amide bonds. The number of hydrogen-bond acceptors (Lipinski definition) is 17. The minimum absolute atomic E-state index is 0.00914. The van der Waals surface area contributed by atoms with E-state index in [1.165, 1.54) is 79.7 Å². The Morgan fingerprint density at radius 1 is 0.306 bits per heavy atom. The molecule has 1 aromatic heterocycles. The highest BCUT2D eigenvalue weighted by atomic mass is 16.6. The Labute approximate surface area is 414 Å². The molecule has 372 valence electrons. The van der Waals surface area contributed by atoms with E-state index in [0.717, 1.165) is 22.3 Å². The SMILES string of the molecule is CC(=O)Oc1ccc(Cc2cc(Cc3ccc(OC(C)=O)c(OC(C)=O)c3)c(Cc3ccc(OC(C)=O)c(OC(C)=O)c3)c(Cc3ccc(OC(C)=O)c(OC(C)=O)c3)c2)cc1OC(C)=O.c1ccncc1. The van der Waals surface area contributed by atoms with Crippen LogP contribution in [-0.4, -0.2) is 52.7 Å². The molecule has 0 bridgehead atoms. The summed E-state index contributed by atoms with van der Waals surface area (Å²) in [5, 5.41) is 0. The minimum atomic E-state index is -0.648. The number of hydrogen-bond donors (Lipinski definition) is 0. The number of carbonyl (C=O) groups is 8. The van der Waals surface area contributed by atoms with Gasteiger partial charge in [-0.1, -0.05) is 42.5 Å². The summed E-state index contributed by atoms with van der Waals surface area (Å²) >= 11 is 0. The van der Waals surface area contributed by atoms with Crippen LogP contribution >= 0.6 is 0 Å². The van der Waals surface area contributed by atoms with Crippen molar-refractivity contribution in [3.63, 3.8) is 0 Å². The van der Waals surface area contributed by atoms with Crippen molar-refractivity contribution in [3.05, 3.63) is 160 Å². The van der Waals surface area contributed by atoms with Crippen molar-refractivity contribution < 1.29 is 76.3 Å². The Bertz CT molecular complexity index is 2890. The monoisotopic (exact) mass is 981 g/mol. The van der Waals surface area contributed by atoms with Crippen molar-refractivity contribution in [3.8, 4) is 46.0 Å². The Kier molecular flexibility index (Phi) is 19.2. The van der Waals surface area contributed by atoms with E-state index in [1.807, 2.05) is 30.3 Å². The van der Waals surface area contributed by atoms with Gasteiger partial charge in [-0.05, 0) is 131 Å². The third-order valence-corrected chi connectivity index (χ3v) is 9.70. The molecule has 6 aromatic rings. The molecule has 0 spiro atoms. The Balaban J connectivity index is 0.00000149. The largest absolute Gasteiger partial charge is 0.423 e. The lowest BCUT2D eigenvalue weighted by Crippen LogP contribution is -2.10. The van der Waals surface area contributed by atoms with Crippen LogP contribution in [0.25, 0.3) is 0 Å². The fraction of sp³-hybridized carbons (Fsp3) is 0.218. The van der Waals surface area contributed by atoms with E-state index in [0.29, 0.717) is 22.3 Å². The van der Waals surface area contributed by atoms with E-state index < -0.39 is 47.8 Å². The van der Waals surface area contributed by atoms with Crippen molar-refractivity contribution >= 4 is 47.8 Å². The Morgan fingerprint density at radius 3 is 0.819 bits per heavy atom. The van der Waals surface area contributed by atoms with Crippen LogP contribution in [0.1, 0.15) is 99.9 Å². The highest BCUT2D eigenvalue weighted by molar-refractivity contribution is 5.77. The zero-order valence-electron chi connectivity index (χ0n) is 40.8. The zero-order valence-corrected chi connectivity index (χ0v) is 40.8. The molecule has 0 saturated carbocycles. The van der Waals surface area contributed by atoms with Crippen LogP contribution in [0.3, 0.4) is 0 Å². The molecule has 17 nitrogen and oxygen atoms in total. The van der Waals surface area contributed by atoms with Gasteiger partial charge < -0.3 is 37.9 Å². The second kappa shape index (κ2) is 25.6. The predicted molar refractivity (Wildman–Crippen MR) is 258 cm³/mol. The number of aromatic nitrogens is 1. The third-order valence-electron chi connectivity index (χ3n) is 9.70. The molecule has 0 unspecified atom stereocenters. The van der Waals surface area contributed by atoms with Crippen LogP contribution in [0.4, 0.5) is 0 Å². The van der Waals surface area contributed by atoms with Gasteiger partial charge in [0.2, 0.25) is 0 Å². The van der Waals surface area contributed by atoms with Gasteiger partial charge in [0.25, 0.3) is 0 Å². The van der Waals surface area contributed by atoms with Crippen molar-refractivity contribution in [2.45, 2.75) is 81.1 Å². The molecule has 17 heteroatoms. The summed E-state index contributed by atoms with van der Waals surface area (Å²) < 4.78 is 43.1. The van der Waals surface area contributed by atoms with Crippen LogP contribution in [0.15, 0.2) is 116 Å². The maximum atomic E-state index is 12.2. The molecule has 72 heavy (non-hydrogen) atoms. The van der Waals surface area contributed by atoms with Gasteiger partial charge in [0.05, 0.1) is 0 Å². The molecule has 0 fully saturated rings. The lowest BCUT2D eigenvalue weighted by Gasteiger charge is -2.20. The smallest absolute Gasteiger partial charge is 0.308 e. The van der Waals surface area contributed by atoms with Crippen LogP contribution in [0.2, 0.25) is 0 Å². The molecule has 0 aliphatic carbocycles. The molecule has 0 N–H and O–H groups in total. The molecule has 0 radical (unpaired) electrons. The van der Waals surface area contributed by atoms with Crippen LogP contribution < -0.4 is 37.9 Å². The number of pyridine rings is 1. The number of carbonyl (C=O) groups excluding carboxylic acids is 8. The standard InChI is InChI=1S/C50H46O16.C5H5N/c1-27(51)59-43-13-9-35(23-47(43)63-31(5)55)17-39-20-40(18-36-10-14-44(60-28(2)52)48(24-36)64-32(6)56)42(22-38-12-16-46(62-30(4)54)50(26-38)66-34(8)58)41(21-39)19-37-11-15-45(61-29(3)53)49(25-37)65-33(7)57;1-2-4-6-5-3-1/h9-16,20-21,23-26H,17-19,22H2,1-8H3;1-5H. The molecule has 6 rings (SSSR count). The first-order valence-electron chi connectivity index (χ1n) is 22.2. The van der Waals surface area contributed by atoms with Gasteiger partial charge >= 0.3 is 47.8 Å². The van der Waals surface area contributed by atoms with Crippen LogP contribution in [-0.2, 0) is 64.0 Å². The zero-order chi connectivity index (χ0) is 52.5. The van der Waals surface area contributed by atoms with E-state index in [4.69, 9.17) is 37.9 Å². The predicted octanol–water partition coefficient (Wildman–Crippen LogP) is 8.53. The summed E-state index contributed by atoms with van der Waals surface area (Å²) in [6, 6.07) is 28.9. The van der Waals surface area contributed by atoms with E-state index >= 15 is 0 Å². The van der Waals surface area contributed by atoms with E-state index in [9.17, 15) is 38.4 Å². The summed E-state index contributed by atoms with van der Waals surface area (Å²) in [6.07, 6.45) is 4.39. The topological polar surface area (TPSA) is 223 Å². The molecule has 1 heterocycles. The number of rotatable bonds is 16. The number of ether oxygens (including phenoxy) is 8. The molecule has 0 aliphatic rings. The number of nitrogens with zero attached hydrogens (tertiary/aromatic N) is 1. The number of benzene rings is 5. The van der Waals surface area contributed by atoms with Crippen molar-refractivity contribution in [1.82, 2.24) is 4.98 Å². The molecule has 0 aliphatic heterocycles. The van der Waals surface area contributed by atoms with Gasteiger partial charge in [0.1, 0.15) is 0 Å². The highest BCUT2D eigenvalue weighted by Crippen LogP contribution is 2.37. The van der Waals surface area contributed by atoms with Gasteiger partial charge in [-0.3, -0.25) is 43.3 Å². The Morgan fingerprint density at radius 2 is 0.569 bits per heavy atom. The van der Waals surface area contributed by atoms with Crippen molar-refractivity contribution in [2.24, 2.45) is 0 Å². The first-order chi connectivity index (χ1) is 34.2. The van der Waals surface area contributed by atoms with Gasteiger partial charge in [-0.15, -0.1) is 0 Å². The lowest BCUT2D eigenvalue weighted by atomic mass is 9.86. The second-order valence-corrected chi connectivity index (χ2v) is 16.0. The normalized spacial score (nSPS) is 10.3. The minimum Gasteiger partial charge on any atom is -0.423 e. The third kappa shape index (κ3) is 17.2. The number of esters is 8. The maximum absolute atomic E-state index is 12.2. The fourth-order valence-electron chi connectivity index (χ4n) is 7.25. The molecule has 0 saturated heterocycles. The first-order valence-corrected chi connectivity index (χ1v) is 22.2. The molecule has 5 aromatic carbocycles. The van der Waals surface area contributed by atoms with E-state index in [-0.39, 0.29) is 71.7 Å². The first kappa shape index (κ1) is 54.0. The van der Waals surface area contributed by atoms with Gasteiger partial charge in [-0.2, -0.15) is 0 Å². The molecular formula is C55H51NO16. The van der Waals surface area contributed by atoms with Gasteiger partial charge in [0.15, 0.2) is 46.0 Å². The average molecular weight is 982 g/mol. The quantitative estimate of drug-likeness (QED) is 0.0654. The summed E-state index contributed by atoms with van der Waals surface area (Å²) in [7, 11) is 0. The highest BCUT2D eigenvalue weighted by Gasteiger charge is 2.21. The maximum Gasteiger partial charge on any atom is 0.308 e. The summed E-state index contributed by atoms with van der Waals surface area (Å²) in [5.41, 5.74) is 5.63. The van der Waals surface area contributed by atoms with Gasteiger partial charge in [0, 0.05) is 67.8 Å². The Hall–Kier alpha value is -8.99. The van der Waals surface area contributed by atoms with Crippen LogP contribution in [0, 0.1) is 0 Å². The lowest BCUT2D eigenvalue weighted by molar-refractivity contribution is -0.134. The summed E-state index contributed by atoms with van der Waals surface area (Å²) in [5.74, 6) is -4.86. The van der Waals surface area contributed by atoms with E-state index in [2.05, 4.69) is 4.98 Å². The second-order valence-electron chi connectivity index (χ2n) is 16.0. The van der Waals surface area contributed by atoms with E-state index in [1.54, 1.807) is 60.9 Å². The van der Waals surface area contributed by atoms with Gasteiger partial charge in [-0.25, -0.2) is 0 Å². The van der Waals surface area contributed by atoms with Crippen LogP contribution in [0.5, 0.6) is 46.0 Å². The van der Waals surface area contributed by atoms with Crippen molar-refractivity contribution in [1.29, 1.82) is 0 Å².